The average Bonchev–Trinajstić information content (AvgIpc) is 3.35. The number of nitrogens with one attached hydrogen (secondary N) is 2. The number of phenolic OH excluding ortho intramolecular Hbond substituents is 1. The van der Waals surface area contributed by atoms with Crippen LogP contribution in [0.3, 0.4) is 0 Å². The van der Waals surface area contributed by atoms with E-state index >= 15 is 0 Å². The minimum atomic E-state index is -0.817. The number of anilines is 3. The van der Waals surface area contributed by atoms with Crippen LogP contribution in [0.4, 0.5) is 21.5 Å². The first kappa shape index (κ1) is 23.2. The number of rotatable bonds is 5. The summed E-state index contributed by atoms with van der Waals surface area (Å²) < 4.78 is 13.1. The molecule has 3 aromatic rings. The Bertz CT molecular complexity index is 1420. The Kier molecular flexibility index (Phi) is 6.21. The summed E-state index contributed by atoms with van der Waals surface area (Å²) in [5.74, 6) is -1.67. The number of carbonyl (C=O) groups is 3. The van der Waals surface area contributed by atoms with Crippen LogP contribution in [0.2, 0.25) is 0 Å². The quantitative estimate of drug-likeness (QED) is 0.458. The van der Waals surface area contributed by atoms with Gasteiger partial charge in [0.15, 0.2) is 10.9 Å². The zero-order valence-electron chi connectivity index (χ0n) is 18.5. The molecule has 3 N–H and O–H groups in total. The monoisotopic (exact) mass is 503 g/mol. The molecule has 180 valence electrons. The predicted octanol–water partition coefficient (Wildman–Crippen LogP) is 3.72. The summed E-state index contributed by atoms with van der Waals surface area (Å²) in [6.07, 6.45) is -0.172. The van der Waals surface area contributed by atoms with Crippen molar-refractivity contribution in [2.24, 2.45) is 10.2 Å². The second-order valence-corrected chi connectivity index (χ2v) is 9.06. The maximum atomic E-state index is 13.3. The van der Waals surface area contributed by atoms with Crippen LogP contribution in [0.5, 0.6) is 5.75 Å². The van der Waals surface area contributed by atoms with Crippen LogP contribution in [0.25, 0.3) is 0 Å². The number of fused-ring (bicyclic) bond motifs is 1. The minimum Gasteiger partial charge on any atom is -0.508 e. The van der Waals surface area contributed by atoms with Gasteiger partial charge in [0.25, 0.3) is 5.91 Å². The number of hydrogen-bond acceptors (Lipinski definition) is 7. The molecule has 11 heteroatoms. The summed E-state index contributed by atoms with van der Waals surface area (Å²) in [5, 5.41) is 22.7. The van der Waals surface area contributed by atoms with E-state index in [1.807, 2.05) is 0 Å². The normalized spacial score (nSPS) is 19.0. The number of amidine groups is 1. The second kappa shape index (κ2) is 9.62. The fourth-order valence-electron chi connectivity index (χ4n) is 3.71. The number of amides is 3. The van der Waals surface area contributed by atoms with Crippen molar-refractivity contribution in [1.82, 2.24) is 0 Å². The number of aromatic hydroxyl groups is 1. The highest BCUT2D eigenvalue weighted by molar-refractivity contribution is 8.16. The van der Waals surface area contributed by atoms with Crippen LogP contribution in [0, 0.1) is 5.82 Å². The highest BCUT2D eigenvalue weighted by Crippen LogP contribution is 2.35. The van der Waals surface area contributed by atoms with E-state index in [9.17, 15) is 23.9 Å². The smallest absolute Gasteiger partial charge is 0.276 e. The van der Waals surface area contributed by atoms with Crippen molar-refractivity contribution in [3.05, 3.63) is 84.2 Å². The fourth-order valence-corrected chi connectivity index (χ4v) is 4.80. The van der Waals surface area contributed by atoms with E-state index < -0.39 is 28.8 Å². The molecule has 0 aromatic heterocycles. The number of para-hydroxylation sites is 1. The molecule has 5 rings (SSSR count). The molecular formula is C25H18FN5O4S. The Morgan fingerprint density at radius 2 is 1.75 bits per heavy atom. The lowest BCUT2D eigenvalue weighted by molar-refractivity contribution is -0.121. The summed E-state index contributed by atoms with van der Waals surface area (Å²) in [5.41, 5.74) is 2.13. The molecule has 3 amide bonds. The van der Waals surface area contributed by atoms with E-state index in [-0.39, 0.29) is 23.0 Å². The van der Waals surface area contributed by atoms with Crippen molar-refractivity contribution in [1.29, 1.82) is 0 Å². The first-order chi connectivity index (χ1) is 17.4. The highest BCUT2D eigenvalue weighted by Gasteiger charge is 2.40. The molecule has 1 atom stereocenters. The van der Waals surface area contributed by atoms with Crippen molar-refractivity contribution in [3.63, 3.8) is 0 Å². The van der Waals surface area contributed by atoms with Gasteiger partial charge in [-0.25, -0.2) is 4.39 Å². The predicted molar refractivity (Wildman–Crippen MR) is 136 cm³/mol. The van der Waals surface area contributed by atoms with Gasteiger partial charge >= 0.3 is 0 Å². The van der Waals surface area contributed by atoms with Crippen molar-refractivity contribution in [2.45, 2.75) is 11.7 Å². The first-order valence-electron chi connectivity index (χ1n) is 10.8. The molecule has 2 heterocycles. The van der Waals surface area contributed by atoms with Crippen LogP contribution in [0.1, 0.15) is 12.0 Å². The number of carbonyl (C=O) groups excluding carboxylic acids is 3. The molecule has 9 nitrogen and oxygen atoms in total. The van der Waals surface area contributed by atoms with Gasteiger partial charge in [-0.05, 0) is 54.6 Å². The Morgan fingerprint density at radius 3 is 2.50 bits per heavy atom. The zero-order chi connectivity index (χ0) is 25.2. The van der Waals surface area contributed by atoms with Crippen LogP contribution in [0.15, 0.2) is 83.0 Å². The number of hydrogen-bond donors (Lipinski definition) is 3. The molecule has 1 unspecified atom stereocenters. The standard InChI is InChI=1S/C25H18FN5O4S/c26-14-5-7-15(8-6-14)27-21(33)13-20-24(35)31(16-9-11-17(32)12-10-16)25(36-20)30-29-22-18-3-1-2-4-19(18)28-23(22)34/h1-12,20,32H,13H2,(H,27,33)(H,28,29,34)/b30-25+. The molecular weight excluding hydrogens is 485 g/mol. The van der Waals surface area contributed by atoms with Crippen LogP contribution >= 0.6 is 11.8 Å². The van der Waals surface area contributed by atoms with E-state index in [4.69, 9.17) is 0 Å². The Hall–Kier alpha value is -4.51. The maximum Gasteiger partial charge on any atom is 0.276 e. The molecule has 0 bridgehead atoms. The van der Waals surface area contributed by atoms with Gasteiger partial charge in [-0.15, -0.1) is 10.2 Å². The largest absolute Gasteiger partial charge is 0.508 e. The lowest BCUT2D eigenvalue weighted by atomic mass is 10.1. The number of phenols is 1. The molecule has 0 radical (unpaired) electrons. The van der Waals surface area contributed by atoms with Crippen LogP contribution in [-0.4, -0.2) is 39.0 Å². The van der Waals surface area contributed by atoms with Gasteiger partial charge in [0.1, 0.15) is 16.8 Å². The molecule has 2 aliphatic rings. The van der Waals surface area contributed by atoms with Gasteiger partial charge in [-0.2, -0.15) is 0 Å². The Labute approximate surface area is 208 Å². The third kappa shape index (κ3) is 4.68. The van der Waals surface area contributed by atoms with E-state index in [1.165, 1.54) is 53.4 Å². The average molecular weight is 504 g/mol. The molecule has 0 aliphatic carbocycles. The molecule has 1 saturated heterocycles. The summed E-state index contributed by atoms with van der Waals surface area (Å²) >= 11 is 1.04. The van der Waals surface area contributed by atoms with Crippen LogP contribution in [-0.2, 0) is 14.4 Å². The number of halogens is 1. The van der Waals surface area contributed by atoms with Gasteiger partial charge in [0, 0.05) is 17.7 Å². The maximum absolute atomic E-state index is 13.3. The summed E-state index contributed by atoms with van der Waals surface area (Å²) in [4.78, 5) is 39.6. The van der Waals surface area contributed by atoms with Crippen LogP contribution < -0.4 is 15.5 Å². The van der Waals surface area contributed by atoms with Gasteiger partial charge < -0.3 is 15.7 Å². The van der Waals surface area contributed by atoms with E-state index in [1.54, 1.807) is 24.3 Å². The second-order valence-electron chi connectivity index (χ2n) is 7.89. The van der Waals surface area contributed by atoms with E-state index in [0.29, 0.717) is 22.6 Å². The van der Waals surface area contributed by atoms with Crippen molar-refractivity contribution in [2.75, 3.05) is 15.5 Å². The highest BCUT2D eigenvalue weighted by atomic mass is 32.2. The summed E-state index contributed by atoms with van der Waals surface area (Å²) in [6, 6.07) is 18.2. The molecule has 2 aliphatic heterocycles. The lowest BCUT2D eigenvalue weighted by Crippen LogP contribution is -2.33. The number of benzene rings is 3. The van der Waals surface area contributed by atoms with E-state index in [0.717, 1.165) is 11.8 Å². The van der Waals surface area contributed by atoms with E-state index in [2.05, 4.69) is 20.8 Å². The van der Waals surface area contributed by atoms with Gasteiger partial charge in [-0.3, -0.25) is 19.3 Å². The summed E-state index contributed by atoms with van der Waals surface area (Å²) in [7, 11) is 0. The molecule has 0 saturated carbocycles. The van der Waals surface area contributed by atoms with Crippen molar-refractivity contribution in [3.8, 4) is 5.75 Å². The van der Waals surface area contributed by atoms with Crippen molar-refractivity contribution < 1.29 is 23.9 Å². The van der Waals surface area contributed by atoms with Gasteiger partial charge in [-0.1, -0.05) is 30.0 Å². The summed E-state index contributed by atoms with van der Waals surface area (Å²) in [6.45, 7) is 0. The molecule has 1 fully saturated rings. The molecule has 3 aromatic carbocycles. The van der Waals surface area contributed by atoms with Gasteiger partial charge in [0.2, 0.25) is 11.8 Å². The Morgan fingerprint density at radius 1 is 1.03 bits per heavy atom. The lowest BCUT2D eigenvalue weighted by Gasteiger charge is -2.16. The topological polar surface area (TPSA) is 123 Å². The third-order valence-corrected chi connectivity index (χ3v) is 6.55. The number of thioether (sulfide) groups is 1. The SMILES string of the molecule is O=C(CC1S/C(=N/N=C2\C(=O)Nc3ccccc32)N(c2ccc(O)cc2)C1=O)Nc1ccc(F)cc1. The number of nitrogens with zero attached hydrogens (tertiary/aromatic N) is 3. The fraction of sp³-hybridized carbons (Fsp3) is 0.0800. The first-order valence-corrected chi connectivity index (χ1v) is 11.7. The third-order valence-electron chi connectivity index (χ3n) is 5.42. The minimum absolute atomic E-state index is 0.0197. The zero-order valence-corrected chi connectivity index (χ0v) is 19.3. The Balaban J connectivity index is 1.42. The molecule has 36 heavy (non-hydrogen) atoms. The van der Waals surface area contributed by atoms with Gasteiger partial charge in [0.05, 0.1) is 11.4 Å². The van der Waals surface area contributed by atoms with Crippen molar-refractivity contribution >= 4 is 57.4 Å². The molecule has 0 spiro atoms.